The minimum atomic E-state index is -0.619. The van der Waals surface area contributed by atoms with Gasteiger partial charge in [-0.15, -0.1) is 0 Å². The number of amides is 2. The van der Waals surface area contributed by atoms with E-state index in [2.05, 4.69) is 10.6 Å². The van der Waals surface area contributed by atoms with Crippen LogP contribution in [0.3, 0.4) is 0 Å². The van der Waals surface area contributed by atoms with E-state index < -0.39 is 6.04 Å². The Morgan fingerprint density at radius 1 is 1.00 bits per heavy atom. The van der Waals surface area contributed by atoms with Crippen LogP contribution in [0.15, 0.2) is 54.6 Å². The van der Waals surface area contributed by atoms with Crippen molar-refractivity contribution in [3.05, 3.63) is 71.5 Å². The lowest BCUT2D eigenvalue weighted by Gasteiger charge is -2.22. The quantitative estimate of drug-likeness (QED) is 0.764. The van der Waals surface area contributed by atoms with E-state index in [1.807, 2.05) is 44.2 Å². The fraction of sp³-hybridized carbons (Fsp3) is 0.333. The van der Waals surface area contributed by atoms with Gasteiger partial charge < -0.3 is 10.6 Å². The van der Waals surface area contributed by atoms with Crippen molar-refractivity contribution in [1.82, 2.24) is 10.6 Å². The van der Waals surface area contributed by atoms with Gasteiger partial charge in [0, 0.05) is 6.54 Å². The van der Waals surface area contributed by atoms with E-state index in [1.165, 1.54) is 6.07 Å². The molecule has 2 rings (SSSR count). The molecule has 0 spiro atoms. The highest BCUT2D eigenvalue weighted by atomic mass is 19.1. The molecule has 26 heavy (non-hydrogen) atoms. The summed E-state index contributed by atoms with van der Waals surface area (Å²) < 4.78 is 13.6. The molecule has 2 N–H and O–H groups in total. The van der Waals surface area contributed by atoms with Gasteiger partial charge in [-0.25, -0.2) is 4.39 Å². The summed E-state index contributed by atoms with van der Waals surface area (Å²) in [5.41, 5.74) is 1.45. The zero-order valence-electron chi connectivity index (χ0n) is 15.2. The van der Waals surface area contributed by atoms with E-state index in [9.17, 15) is 14.0 Å². The number of carbonyl (C=O) groups excluding carboxylic acids is 2. The second kappa shape index (κ2) is 9.70. The van der Waals surface area contributed by atoms with Crippen molar-refractivity contribution < 1.29 is 14.0 Å². The van der Waals surface area contributed by atoms with Crippen LogP contribution in [0.5, 0.6) is 0 Å². The molecule has 1 atom stereocenters. The van der Waals surface area contributed by atoms with Gasteiger partial charge >= 0.3 is 0 Å². The molecule has 0 fully saturated rings. The number of carbonyl (C=O) groups is 2. The molecule has 0 saturated heterocycles. The fourth-order valence-corrected chi connectivity index (χ4v) is 2.67. The minimum Gasteiger partial charge on any atom is -0.354 e. The fourth-order valence-electron chi connectivity index (χ4n) is 2.67. The molecule has 0 aliphatic carbocycles. The summed E-state index contributed by atoms with van der Waals surface area (Å²) in [5.74, 6) is -0.779. The molecule has 2 amide bonds. The Labute approximate surface area is 153 Å². The third kappa shape index (κ3) is 5.99. The summed E-state index contributed by atoms with van der Waals surface area (Å²) >= 11 is 0. The molecule has 0 bridgehead atoms. The molecule has 0 unspecified atom stereocenters. The molecule has 0 heterocycles. The van der Waals surface area contributed by atoms with Crippen LogP contribution in [0, 0.1) is 11.7 Å². The van der Waals surface area contributed by atoms with Gasteiger partial charge in [-0.2, -0.15) is 0 Å². The lowest BCUT2D eigenvalue weighted by Crippen LogP contribution is -2.50. The van der Waals surface area contributed by atoms with Gasteiger partial charge in [0.1, 0.15) is 11.9 Å². The largest absolute Gasteiger partial charge is 0.354 e. The Kier molecular flexibility index (Phi) is 7.33. The summed E-state index contributed by atoms with van der Waals surface area (Å²) in [6, 6.07) is 15.3. The van der Waals surface area contributed by atoms with Crippen molar-refractivity contribution in [3.63, 3.8) is 0 Å². The highest BCUT2D eigenvalue weighted by Crippen LogP contribution is 2.07. The van der Waals surface area contributed by atoms with Gasteiger partial charge in [0.2, 0.25) is 11.8 Å². The number of halogens is 1. The average Bonchev–Trinajstić information content (AvgIpc) is 2.62. The summed E-state index contributed by atoms with van der Waals surface area (Å²) in [7, 11) is 0. The maximum Gasteiger partial charge on any atom is 0.242 e. The van der Waals surface area contributed by atoms with Crippen molar-refractivity contribution in [1.29, 1.82) is 0 Å². The number of hydrogen-bond donors (Lipinski definition) is 2. The first-order valence-electron chi connectivity index (χ1n) is 8.81. The smallest absolute Gasteiger partial charge is 0.242 e. The summed E-state index contributed by atoms with van der Waals surface area (Å²) in [6.07, 6.45) is 0.633. The van der Waals surface area contributed by atoms with Crippen LogP contribution in [-0.4, -0.2) is 24.4 Å². The highest BCUT2D eigenvalue weighted by Gasteiger charge is 2.23. The summed E-state index contributed by atoms with van der Waals surface area (Å²) in [4.78, 5) is 24.7. The second-order valence-corrected chi connectivity index (χ2v) is 6.58. The van der Waals surface area contributed by atoms with Crippen LogP contribution in [0.1, 0.15) is 25.0 Å². The van der Waals surface area contributed by atoms with Crippen molar-refractivity contribution in [3.8, 4) is 0 Å². The Balaban J connectivity index is 1.86. The molecule has 0 aliphatic heterocycles. The van der Waals surface area contributed by atoms with Crippen molar-refractivity contribution >= 4 is 11.8 Å². The van der Waals surface area contributed by atoms with E-state index in [0.29, 0.717) is 18.5 Å². The molecule has 2 aromatic rings. The molecule has 138 valence electrons. The normalized spacial score (nSPS) is 11.8. The maximum atomic E-state index is 13.6. The first kappa shape index (κ1) is 19.6. The first-order chi connectivity index (χ1) is 12.5. The minimum absolute atomic E-state index is 0.0526. The highest BCUT2D eigenvalue weighted by molar-refractivity contribution is 5.88. The molecule has 0 saturated carbocycles. The van der Waals surface area contributed by atoms with Gasteiger partial charge in [-0.05, 0) is 29.5 Å². The van der Waals surface area contributed by atoms with E-state index in [0.717, 1.165) is 5.56 Å². The van der Waals surface area contributed by atoms with E-state index >= 15 is 0 Å². The predicted octanol–water partition coefficient (Wildman–Crippen LogP) is 2.87. The molecule has 0 aromatic heterocycles. The third-order valence-corrected chi connectivity index (χ3v) is 4.12. The summed E-state index contributed by atoms with van der Waals surface area (Å²) in [5, 5.41) is 5.59. The second-order valence-electron chi connectivity index (χ2n) is 6.58. The van der Waals surface area contributed by atoms with Crippen LogP contribution >= 0.6 is 0 Å². The SMILES string of the molecule is CC(C)[C@H](NC(=O)Cc1ccccc1)C(=O)NCCc1ccccc1F. The standard InChI is InChI=1S/C21H25FN2O2/c1-15(2)20(24-19(25)14-16-8-4-3-5-9-16)21(26)23-13-12-17-10-6-7-11-18(17)22/h3-11,15,20H,12-14H2,1-2H3,(H,23,26)(H,24,25)/t20-/m0/s1. The zero-order chi connectivity index (χ0) is 18.9. The Hall–Kier alpha value is -2.69. The number of hydrogen-bond acceptors (Lipinski definition) is 2. The van der Waals surface area contributed by atoms with Gasteiger partial charge in [0.25, 0.3) is 0 Å². The molecular formula is C21H25FN2O2. The topological polar surface area (TPSA) is 58.2 Å². The molecule has 2 aromatic carbocycles. The predicted molar refractivity (Wildman–Crippen MR) is 100 cm³/mol. The molecule has 4 nitrogen and oxygen atoms in total. The lowest BCUT2D eigenvalue weighted by molar-refractivity contribution is -0.129. The number of nitrogens with one attached hydrogen (secondary N) is 2. The molecular weight excluding hydrogens is 331 g/mol. The Bertz CT molecular complexity index is 732. The van der Waals surface area contributed by atoms with Gasteiger partial charge in [0.05, 0.1) is 6.42 Å². The van der Waals surface area contributed by atoms with E-state index in [-0.39, 0.29) is 30.0 Å². The van der Waals surface area contributed by atoms with Gasteiger partial charge in [-0.3, -0.25) is 9.59 Å². The van der Waals surface area contributed by atoms with Crippen LogP contribution in [0.2, 0.25) is 0 Å². The Morgan fingerprint density at radius 3 is 2.31 bits per heavy atom. The first-order valence-corrected chi connectivity index (χ1v) is 8.81. The van der Waals surface area contributed by atoms with Crippen LogP contribution < -0.4 is 10.6 Å². The van der Waals surface area contributed by atoms with E-state index in [1.54, 1.807) is 18.2 Å². The van der Waals surface area contributed by atoms with Crippen LogP contribution in [-0.2, 0) is 22.4 Å². The number of rotatable bonds is 8. The Morgan fingerprint density at radius 2 is 1.65 bits per heavy atom. The van der Waals surface area contributed by atoms with E-state index in [4.69, 9.17) is 0 Å². The average molecular weight is 356 g/mol. The molecule has 5 heteroatoms. The summed E-state index contributed by atoms with van der Waals surface area (Å²) in [6.45, 7) is 4.07. The number of benzene rings is 2. The zero-order valence-corrected chi connectivity index (χ0v) is 15.2. The van der Waals surface area contributed by atoms with Crippen molar-refractivity contribution in [2.75, 3.05) is 6.54 Å². The van der Waals surface area contributed by atoms with Crippen LogP contribution in [0.25, 0.3) is 0 Å². The van der Waals surface area contributed by atoms with Crippen molar-refractivity contribution in [2.45, 2.75) is 32.7 Å². The van der Waals surface area contributed by atoms with Gasteiger partial charge in [0.15, 0.2) is 0 Å². The monoisotopic (exact) mass is 356 g/mol. The van der Waals surface area contributed by atoms with Gasteiger partial charge in [-0.1, -0.05) is 62.4 Å². The van der Waals surface area contributed by atoms with Crippen molar-refractivity contribution in [2.24, 2.45) is 5.92 Å². The van der Waals surface area contributed by atoms with Crippen LogP contribution in [0.4, 0.5) is 4.39 Å². The molecule has 0 aliphatic rings. The molecule has 0 radical (unpaired) electrons. The third-order valence-electron chi connectivity index (χ3n) is 4.12. The lowest BCUT2D eigenvalue weighted by atomic mass is 10.0. The maximum absolute atomic E-state index is 13.6.